The van der Waals surface area contributed by atoms with Crippen LogP contribution in [0.5, 0.6) is 0 Å². The van der Waals surface area contributed by atoms with Crippen molar-refractivity contribution in [3.63, 3.8) is 0 Å². The maximum absolute atomic E-state index is 5.53. The van der Waals surface area contributed by atoms with Crippen LogP contribution >= 0.6 is 0 Å². The molecule has 0 saturated heterocycles. The molecule has 1 aliphatic rings. The highest BCUT2D eigenvalue weighted by Crippen LogP contribution is 2.45. The number of benzene rings is 10. The molecule has 0 amide bonds. The number of fused-ring (bicyclic) bond motifs is 11. The Bertz CT molecular complexity index is 3790. The number of hydrogen-bond donors (Lipinski definition) is 0. The second kappa shape index (κ2) is 14.1. The van der Waals surface area contributed by atoms with Gasteiger partial charge in [0.05, 0.1) is 39.1 Å². The Morgan fingerprint density at radius 1 is 0.286 bits per heavy atom. The molecule has 10 aromatic carbocycles. The monoisotopic (exact) mass is 800 g/mol. The Balaban J connectivity index is 0.903. The van der Waals surface area contributed by atoms with Gasteiger partial charge in [-0.25, -0.2) is 15.0 Å². The van der Waals surface area contributed by atoms with Gasteiger partial charge in [-0.2, -0.15) is 0 Å². The van der Waals surface area contributed by atoms with E-state index in [9.17, 15) is 0 Å². The third-order valence-electron chi connectivity index (χ3n) is 12.7. The van der Waals surface area contributed by atoms with E-state index in [0.29, 0.717) is 0 Å². The molecule has 0 saturated carbocycles. The van der Waals surface area contributed by atoms with Gasteiger partial charge in [0.2, 0.25) is 0 Å². The summed E-state index contributed by atoms with van der Waals surface area (Å²) in [7, 11) is 0. The van der Waals surface area contributed by atoms with Crippen LogP contribution in [0.15, 0.2) is 218 Å². The fourth-order valence-electron chi connectivity index (χ4n) is 9.82. The topological polar surface area (TPSA) is 43.6 Å². The molecule has 2 aromatic heterocycles. The van der Waals surface area contributed by atoms with Crippen molar-refractivity contribution in [3.8, 4) is 84.1 Å². The normalized spacial score (nSPS) is 11.8. The minimum Gasteiger partial charge on any atom is -0.291 e. The zero-order valence-electron chi connectivity index (χ0n) is 34.1. The van der Waals surface area contributed by atoms with E-state index in [2.05, 4.69) is 217 Å². The van der Waals surface area contributed by atoms with E-state index in [0.717, 1.165) is 94.7 Å². The molecule has 12 aromatic rings. The molecule has 0 fully saturated rings. The third kappa shape index (κ3) is 5.59. The Morgan fingerprint density at radius 3 is 1.43 bits per heavy atom. The van der Waals surface area contributed by atoms with Crippen molar-refractivity contribution in [2.75, 3.05) is 0 Å². The second-order valence-corrected chi connectivity index (χ2v) is 16.3. The summed E-state index contributed by atoms with van der Waals surface area (Å²) in [6.45, 7) is 0. The highest BCUT2D eigenvalue weighted by atomic mass is 15.1. The minimum absolute atomic E-state index is 0.864. The van der Waals surface area contributed by atoms with E-state index < -0.39 is 0 Å². The van der Waals surface area contributed by atoms with Gasteiger partial charge in [-0.3, -0.25) is 4.57 Å². The van der Waals surface area contributed by atoms with E-state index in [-0.39, 0.29) is 0 Å². The molecule has 0 bridgehead atoms. The van der Waals surface area contributed by atoms with Gasteiger partial charge in [0.1, 0.15) is 5.82 Å². The van der Waals surface area contributed by atoms with Crippen molar-refractivity contribution in [2.24, 2.45) is 0 Å². The van der Waals surface area contributed by atoms with Crippen LogP contribution in [-0.2, 0) is 0 Å². The van der Waals surface area contributed by atoms with Crippen molar-refractivity contribution in [1.29, 1.82) is 0 Å². The van der Waals surface area contributed by atoms with Crippen LogP contribution in [0, 0.1) is 0 Å². The largest absolute Gasteiger partial charge is 0.291 e. The first-order valence-electron chi connectivity index (χ1n) is 21.4. The molecule has 0 radical (unpaired) electrons. The van der Waals surface area contributed by atoms with Gasteiger partial charge in [0.25, 0.3) is 0 Å². The molecule has 0 aliphatic carbocycles. The highest BCUT2D eigenvalue weighted by Gasteiger charge is 2.25. The van der Waals surface area contributed by atoms with Gasteiger partial charge in [-0.1, -0.05) is 194 Å². The number of hydrogen-bond acceptors (Lipinski definition) is 3. The van der Waals surface area contributed by atoms with E-state index in [1.165, 1.54) is 33.0 Å². The summed E-state index contributed by atoms with van der Waals surface area (Å²) in [6, 6.07) is 77.8. The summed E-state index contributed by atoms with van der Waals surface area (Å²) in [4.78, 5) is 16.3. The maximum Gasteiger partial charge on any atom is 0.145 e. The molecule has 0 spiro atoms. The van der Waals surface area contributed by atoms with Gasteiger partial charge >= 0.3 is 0 Å². The van der Waals surface area contributed by atoms with Crippen LogP contribution in [0.3, 0.4) is 0 Å². The van der Waals surface area contributed by atoms with Crippen LogP contribution < -0.4 is 0 Å². The van der Waals surface area contributed by atoms with E-state index >= 15 is 0 Å². The molecular weight excluding hydrogens is 765 g/mol. The lowest BCUT2D eigenvalue weighted by Gasteiger charge is -2.15. The number of nitrogens with zero attached hydrogens (tertiary/aromatic N) is 4. The third-order valence-corrected chi connectivity index (χ3v) is 12.7. The van der Waals surface area contributed by atoms with Crippen LogP contribution in [0.4, 0.5) is 0 Å². The molecule has 13 rings (SSSR count). The smallest absolute Gasteiger partial charge is 0.145 e. The molecule has 4 nitrogen and oxygen atoms in total. The summed E-state index contributed by atoms with van der Waals surface area (Å²) in [6.07, 6.45) is 0. The summed E-state index contributed by atoms with van der Waals surface area (Å²) in [5.74, 6) is 0.933. The number of para-hydroxylation sites is 2. The number of rotatable bonds is 5. The molecule has 0 N–H and O–H groups in total. The molecule has 0 unspecified atom stereocenters. The van der Waals surface area contributed by atoms with Crippen molar-refractivity contribution in [3.05, 3.63) is 218 Å². The zero-order chi connectivity index (χ0) is 41.4. The first kappa shape index (κ1) is 35.3. The molecule has 3 heterocycles. The highest BCUT2D eigenvalue weighted by molar-refractivity contribution is 6.23. The summed E-state index contributed by atoms with van der Waals surface area (Å²) >= 11 is 0. The molecule has 1 aliphatic heterocycles. The molecule has 0 atom stereocenters. The summed E-state index contributed by atoms with van der Waals surface area (Å²) < 4.78 is 2.36. The lowest BCUT2D eigenvalue weighted by Crippen LogP contribution is -1.99. The van der Waals surface area contributed by atoms with Gasteiger partial charge in [-0.05, 0) is 68.4 Å². The van der Waals surface area contributed by atoms with Gasteiger partial charge in [0.15, 0.2) is 0 Å². The molecular formula is C59H36N4. The zero-order valence-corrected chi connectivity index (χ0v) is 34.1. The van der Waals surface area contributed by atoms with Crippen LogP contribution in [-0.4, -0.2) is 19.5 Å². The standard InChI is InChI=1S/C59H36N4/c1-2-15-38(16-3-1)54-55(62-57-50-27-9-7-23-46(50)45-22-6-8-26-49(45)56(57)61-54)43-20-13-19-42(36-43)41-18-12-17-40(35-41)37-31-33-39(34-32-37)59-60-52-29-14-28-51-47-24-5-4-21-44(47)48-25-10-11-30-53(48)63(59)58(51)52/h1-36H. The maximum atomic E-state index is 5.53. The molecule has 292 valence electrons. The first-order valence-corrected chi connectivity index (χ1v) is 21.4. The first-order chi connectivity index (χ1) is 31.2. The predicted molar refractivity (Wildman–Crippen MR) is 261 cm³/mol. The quantitative estimate of drug-likeness (QED) is 0.163. The van der Waals surface area contributed by atoms with Crippen molar-refractivity contribution >= 4 is 43.6 Å². The fraction of sp³-hybridized carbons (Fsp3) is 0. The van der Waals surface area contributed by atoms with Crippen molar-refractivity contribution in [2.45, 2.75) is 0 Å². The predicted octanol–water partition coefficient (Wildman–Crippen LogP) is 15.3. The van der Waals surface area contributed by atoms with Crippen LogP contribution in [0.25, 0.3) is 128 Å². The van der Waals surface area contributed by atoms with E-state index in [1.54, 1.807) is 0 Å². The molecule has 4 heteroatoms. The molecule has 63 heavy (non-hydrogen) atoms. The number of aromatic nitrogens is 4. The average Bonchev–Trinajstić information content (AvgIpc) is 3.71. The average molecular weight is 801 g/mol. The second-order valence-electron chi connectivity index (χ2n) is 16.3. The van der Waals surface area contributed by atoms with Crippen molar-refractivity contribution < 1.29 is 0 Å². The van der Waals surface area contributed by atoms with Gasteiger partial charge in [-0.15, -0.1) is 0 Å². The minimum atomic E-state index is 0.864. The Hall–Kier alpha value is -8.47. The Labute approximate surface area is 364 Å². The van der Waals surface area contributed by atoms with E-state index in [1.807, 2.05) is 6.07 Å². The van der Waals surface area contributed by atoms with Gasteiger partial charge in [0, 0.05) is 38.6 Å². The lowest BCUT2D eigenvalue weighted by atomic mass is 9.94. The summed E-state index contributed by atoms with van der Waals surface area (Å²) in [5, 5.41) is 4.57. The van der Waals surface area contributed by atoms with Crippen LogP contribution in [0.2, 0.25) is 0 Å². The van der Waals surface area contributed by atoms with Crippen molar-refractivity contribution in [1.82, 2.24) is 19.5 Å². The SMILES string of the molecule is c1ccc(-c2nc3c4ccccc4c4ccccc4c3nc2-c2cccc(-c3cccc(-c4ccc(-c5nc6cccc7c6n5-c5ccccc5-c5ccccc5-7)cc4)c3)c2)cc1. The fourth-order valence-corrected chi connectivity index (χ4v) is 9.82. The Kier molecular flexibility index (Phi) is 7.87. The Morgan fingerprint density at radius 2 is 0.746 bits per heavy atom. The van der Waals surface area contributed by atoms with E-state index in [4.69, 9.17) is 15.0 Å². The number of imidazole rings is 1. The summed E-state index contributed by atoms with van der Waals surface area (Å²) in [5.41, 5.74) is 19.3. The lowest BCUT2D eigenvalue weighted by molar-refractivity contribution is 1.11. The van der Waals surface area contributed by atoms with Gasteiger partial charge < -0.3 is 0 Å². The van der Waals surface area contributed by atoms with Crippen LogP contribution in [0.1, 0.15) is 0 Å².